The number of aromatic hydroxyl groups is 1. The summed E-state index contributed by atoms with van der Waals surface area (Å²) in [5, 5.41) is 19.0. The van der Waals surface area contributed by atoms with E-state index in [9.17, 15) is 5.11 Å². The molecule has 1 heterocycles. The summed E-state index contributed by atoms with van der Waals surface area (Å²) >= 11 is 2.23. The van der Waals surface area contributed by atoms with Crippen molar-refractivity contribution in [3.05, 3.63) is 52.1 Å². The van der Waals surface area contributed by atoms with Crippen LogP contribution in [0.4, 0.5) is 11.4 Å². The van der Waals surface area contributed by atoms with Gasteiger partial charge in [-0.15, -0.1) is 5.11 Å². The van der Waals surface area contributed by atoms with Gasteiger partial charge in [0.15, 0.2) is 5.69 Å². The van der Waals surface area contributed by atoms with Gasteiger partial charge < -0.3 is 10.1 Å². The van der Waals surface area contributed by atoms with E-state index in [1.54, 1.807) is 0 Å². The predicted octanol–water partition coefficient (Wildman–Crippen LogP) is 4.89. The van der Waals surface area contributed by atoms with Crippen LogP contribution in [0, 0.1) is 3.57 Å². The Morgan fingerprint density at radius 3 is 2.47 bits per heavy atom. The highest BCUT2D eigenvalue weighted by Crippen LogP contribution is 2.35. The van der Waals surface area contributed by atoms with E-state index in [2.05, 4.69) is 37.8 Å². The lowest BCUT2D eigenvalue weighted by Crippen LogP contribution is -1.67. The number of halogens is 1. The molecule has 1 aromatic heterocycles. The zero-order valence-electron chi connectivity index (χ0n) is 9.84. The number of nitrogens with one attached hydrogen (secondary N) is 1. The van der Waals surface area contributed by atoms with Crippen molar-refractivity contribution in [3.63, 3.8) is 0 Å². The fourth-order valence-corrected chi connectivity index (χ4v) is 2.19. The number of H-pyrrole nitrogens is 1. The summed E-state index contributed by atoms with van der Waals surface area (Å²) in [5.74, 6) is 0.0375. The number of aromatic nitrogens is 1. The number of benzene rings is 2. The second kappa shape index (κ2) is 5.00. The molecule has 5 heteroatoms. The van der Waals surface area contributed by atoms with E-state index in [1.807, 2.05) is 48.5 Å². The van der Waals surface area contributed by atoms with Gasteiger partial charge in [0.1, 0.15) is 0 Å². The molecule has 0 saturated heterocycles. The van der Waals surface area contributed by atoms with E-state index in [1.165, 1.54) is 0 Å². The molecule has 0 spiro atoms. The first-order valence-electron chi connectivity index (χ1n) is 5.71. The first-order valence-corrected chi connectivity index (χ1v) is 6.79. The normalized spacial score (nSPS) is 11.4. The van der Waals surface area contributed by atoms with E-state index < -0.39 is 0 Å². The van der Waals surface area contributed by atoms with Crippen LogP contribution >= 0.6 is 22.6 Å². The van der Waals surface area contributed by atoms with Gasteiger partial charge in [-0.3, -0.25) is 0 Å². The fraction of sp³-hybridized carbons (Fsp3) is 0. The molecule has 0 amide bonds. The van der Waals surface area contributed by atoms with Gasteiger partial charge in [0.2, 0.25) is 5.88 Å². The molecule has 4 nitrogen and oxygen atoms in total. The molecule has 2 N–H and O–H groups in total. The van der Waals surface area contributed by atoms with Crippen molar-refractivity contribution in [1.29, 1.82) is 0 Å². The first kappa shape index (κ1) is 12.2. The lowest BCUT2D eigenvalue weighted by atomic mass is 10.2. The summed E-state index contributed by atoms with van der Waals surface area (Å²) in [7, 11) is 0. The lowest BCUT2D eigenvalue weighted by Gasteiger charge is -1.93. The van der Waals surface area contributed by atoms with Crippen molar-refractivity contribution in [2.75, 3.05) is 0 Å². The summed E-state index contributed by atoms with van der Waals surface area (Å²) in [4.78, 5) is 2.87. The van der Waals surface area contributed by atoms with Crippen molar-refractivity contribution in [2.24, 2.45) is 10.2 Å². The van der Waals surface area contributed by atoms with Crippen LogP contribution in [0.1, 0.15) is 0 Å². The zero-order valence-corrected chi connectivity index (χ0v) is 12.0. The molecule has 0 aliphatic carbocycles. The highest BCUT2D eigenvalue weighted by atomic mass is 127. The molecule has 0 aliphatic heterocycles. The topological polar surface area (TPSA) is 60.7 Å². The number of rotatable bonds is 2. The molecule has 0 fully saturated rings. The summed E-state index contributed by atoms with van der Waals surface area (Å²) < 4.78 is 1.14. The number of hydrogen-bond acceptors (Lipinski definition) is 3. The second-order valence-electron chi connectivity index (χ2n) is 4.04. The van der Waals surface area contributed by atoms with Gasteiger partial charge in [-0.05, 0) is 52.9 Å². The first-order chi connectivity index (χ1) is 9.24. The molecule has 19 heavy (non-hydrogen) atoms. The summed E-state index contributed by atoms with van der Waals surface area (Å²) in [6.45, 7) is 0. The third-order valence-corrected chi connectivity index (χ3v) is 3.47. The maximum Gasteiger partial charge on any atom is 0.218 e. The summed E-state index contributed by atoms with van der Waals surface area (Å²) in [5.41, 5.74) is 2.07. The Kier molecular flexibility index (Phi) is 3.20. The second-order valence-corrected chi connectivity index (χ2v) is 5.29. The van der Waals surface area contributed by atoms with E-state index in [4.69, 9.17) is 0 Å². The lowest BCUT2D eigenvalue weighted by molar-refractivity contribution is 0.459. The van der Waals surface area contributed by atoms with E-state index >= 15 is 0 Å². The van der Waals surface area contributed by atoms with Crippen molar-refractivity contribution in [3.8, 4) is 5.88 Å². The number of para-hydroxylation sites is 1. The predicted molar refractivity (Wildman–Crippen MR) is 83.3 cm³/mol. The maximum absolute atomic E-state index is 9.85. The average Bonchev–Trinajstić information content (AvgIpc) is 2.74. The van der Waals surface area contributed by atoms with Crippen molar-refractivity contribution < 1.29 is 5.11 Å². The molecule has 0 unspecified atom stereocenters. The Hall–Kier alpha value is -1.89. The van der Waals surface area contributed by atoms with Gasteiger partial charge in [-0.25, -0.2) is 0 Å². The molecule has 94 valence electrons. The van der Waals surface area contributed by atoms with Crippen molar-refractivity contribution in [1.82, 2.24) is 4.98 Å². The van der Waals surface area contributed by atoms with E-state index in [0.717, 1.165) is 20.2 Å². The van der Waals surface area contributed by atoms with Crippen LogP contribution in [0.3, 0.4) is 0 Å². The maximum atomic E-state index is 9.85. The summed E-state index contributed by atoms with van der Waals surface area (Å²) in [6.07, 6.45) is 0. The highest BCUT2D eigenvalue weighted by molar-refractivity contribution is 14.1. The minimum atomic E-state index is 0.0375. The largest absolute Gasteiger partial charge is 0.493 e. The zero-order chi connectivity index (χ0) is 13.2. The number of fused-ring (bicyclic) bond motifs is 1. The van der Waals surface area contributed by atoms with Crippen molar-refractivity contribution in [2.45, 2.75) is 0 Å². The standard InChI is InChI=1S/C14H10IN3O/c15-9-5-7-10(8-6-9)17-18-13-11-3-1-2-4-12(11)16-14(13)19/h1-8,16,19H. The van der Waals surface area contributed by atoms with Gasteiger partial charge in [-0.2, -0.15) is 5.11 Å². The molecule has 0 atom stereocenters. The van der Waals surface area contributed by atoms with Gasteiger partial charge in [0.05, 0.1) is 11.2 Å². The molecule has 0 saturated carbocycles. The van der Waals surface area contributed by atoms with Crippen LogP contribution < -0.4 is 0 Å². The van der Waals surface area contributed by atoms with E-state index in [-0.39, 0.29) is 5.88 Å². The van der Waals surface area contributed by atoms with Crippen LogP contribution in [-0.4, -0.2) is 10.1 Å². The Morgan fingerprint density at radius 2 is 1.68 bits per heavy atom. The molecular formula is C14H10IN3O. The number of aromatic amines is 1. The molecule has 3 aromatic rings. The third kappa shape index (κ3) is 2.46. The minimum Gasteiger partial charge on any atom is -0.493 e. The number of hydrogen-bond donors (Lipinski definition) is 2. The van der Waals surface area contributed by atoms with Gasteiger partial charge in [0.25, 0.3) is 0 Å². The van der Waals surface area contributed by atoms with Gasteiger partial charge in [0, 0.05) is 8.96 Å². The molecule has 2 aromatic carbocycles. The Bertz CT molecular complexity index is 747. The number of nitrogens with zero attached hydrogens (tertiary/aromatic N) is 2. The Balaban J connectivity index is 2.01. The van der Waals surface area contributed by atoms with Crippen LogP contribution in [-0.2, 0) is 0 Å². The molecule has 0 radical (unpaired) electrons. The third-order valence-electron chi connectivity index (χ3n) is 2.75. The van der Waals surface area contributed by atoms with E-state index in [0.29, 0.717) is 5.69 Å². The van der Waals surface area contributed by atoms with Crippen LogP contribution in [0.2, 0.25) is 0 Å². The summed E-state index contributed by atoms with van der Waals surface area (Å²) in [6, 6.07) is 15.3. The fourth-order valence-electron chi connectivity index (χ4n) is 1.83. The van der Waals surface area contributed by atoms with Gasteiger partial charge >= 0.3 is 0 Å². The Labute approximate surface area is 123 Å². The molecule has 0 aliphatic rings. The average molecular weight is 363 g/mol. The smallest absolute Gasteiger partial charge is 0.218 e. The minimum absolute atomic E-state index is 0.0375. The SMILES string of the molecule is Oc1[nH]c2ccccc2c1N=Nc1ccc(I)cc1. The van der Waals surface area contributed by atoms with Crippen LogP contribution in [0.5, 0.6) is 5.88 Å². The monoisotopic (exact) mass is 363 g/mol. The molecule has 0 bridgehead atoms. The molecular weight excluding hydrogens is 353 g/mol. The van der Waals surface area contributed by atoms with Gasteiger partial charge in [-0.1, -0.05) is 18.2 Å². The highest BCUT2D eigenvalue weighted by Gasteiger charge is 2.09. The Morgan fingerprint density at radius 1 is 0.947 bits per heavy atom. The quantitative estimate of drug-likeness (QED) is 0.494. The van der Waals surface area contributed by atoms with Crippen LogP contribution in [0.25, 0.3) is 10.9 Å². The van der Waals surface area contributed by atoms with Crippen LogP contribution in [0.15, 0.2) is 58.8 Å². The van der Waals surface area contributed by atoms with Crippen molar-refractivity contribution >= 4 is 44.9 Å². The molecule has 3 rings (SSSR count). The number of azo groups is 1.